The summed E-state index contributed by atoms with van der Waals surface area (Å²) in [5.41, 5.74) is 1.71. The van der Waals surface area contributed by atoms with Crippen molar-refractivity contribution in [3.05, 3.63) is 75.4 Å². The lowest BCUT2D eigenvalue weighted by Gasteiger charge is -2.16. The van der Waals surface area contributed by atoms with E-state index in [9.17, 15) is 9.90 Å². The average Bonchev–Trinajstić information content (AvgIpc) is 2.66. The highest BCUT2D eigenvalue weighted by Crippen LogP contribution is 2.33. The van der Waals surface area contributed by atoms with Crippen LogP contribution in [0, 0.1) is 0 Å². The molecule has 0 atom stereocenters. The number of carboxylic acids is 1. The Morgan fingerprint density at radius 2 is 1.97 bits per heavy atom. The maximum Gasteiger partial charge on any atom is 0.337 e. The number of aromatic nitrogens is 1. The molecule has 150 valence electrons. The molecule has 0 spiro atoms. The second kappa shape index (κ2) is 9.29. The van der Waals surface area contributed by atoms with Crippen molar-refractivity contribution in [3.8, 4) is 22.8 Å². The van der Waals surface area contributed by atoms with Gasteiger partial charge in [0.1, 0.15) is 18.1 Å². The minimum atomic E-state index is -1.06. The number of pyridine rings is 1. The molecule has 29 heavy (non-hydrogen) atoms. The Labute approximate surface area is 182 Å². The largest absolute Gasteiger partial charge is 0.490 e. The van der Waals surface area contributed by atoms with Crippen LogP contribution in [0.25, 0.3) is 11.3 Å². The quantitative estimate of drug-likeness (QED) is 0.438. The van der Waals surface area contributed by atoms with Gasteiger partial charge in [-0.2, -0.15) is 0 Å². The number of nitrogens with zero attached hydrogens (tertiary/aromatic N) is 1. The molecule has 5 nitrogen and oxygen atoms in total. The summed E-state index contributed by atoms with van der Waals surface area (Å²) in [4.78, 5) is 16.2. The molecule has 0 fully saturated rings. The SMILES string of the molecule is CC(C)Oc1cc(Cl)ccc1-c1ccc(C(=O)O)c(COc2cccc(Br)c2)n1. The van der Waals surface area contributed by atoms with Crippen LogP contribution in [-0.4, -0.2) is 22.2 Å². The maximum atomic E-state index is 11.6. The maximum absolute atomic E-state index is 11.6. The van der Waals surface area contributed by atoms with Gasteiger partial charge in [0.05, 0.1) is 23.1 Å². The Morgan fingerprint density at radius 3 is 2.66 bits per heavy atom. The number of aromatic carboxylic acids is 1. The van der Waals surface area contributed by atoms with Crippen LogP contribution in [0.15, 0.2) is 59.1 Å². The predicted molar refractivity (Wildman–Crippen MR) is 116 cm³/mol. The molecule has 1 N–H and O–H groups in total. The number of carboxylic acid groups (broad SMARTS) is 1. The van der Waals surface area contributed by atoms with E-state index in [0.29, 0.717) is 27.9 Å². The number of rotatable bonds is 7. The predicted octanol–water partition coefficient (Wildman–Crippen LogP) is 6.23. The first kappa shape index (κ1) is 21.1. The van der Waals surface area contributed by atoms with E-state index >= 15 is 0 Å². The Morgan fingerprint density at radius 1 is 1.17 bits per heavy atom. The van der Waals surface area contributed by atoms with Crippen molar-refractivity contribution in [1.29, 1.82) is 0 Å². The molecule has 0 saturated carbocycles. The topological polar surface area (TPSA) is 68.7 Å². The van der Waals surface area contributed by atoms with Gasteiger partial charge in [-0.15, -0.1) is 0 Å². The first-order valence-electron chi connectivity index (χ1n) is 8.91. The van der Waals surface area contributed by atoms with Crippen LogP contribution in [0.4, 0.5) is 0 Å². The van der Waals surface area contributed by atoms with E-state index in [2.05, 4.69) is 20.9 Å². The second-order valence-electron chi connectivity index (χ2n) is 6.55. The van der Waals surface area contributed by atoms with Gasteiger partial charge in [0.15, 0.2) is 0 Å². The molecule has 0 bridgehead atoms. The van der Waals surface area contributed by atoms with Crippen molar-refractivity contribution in [2.45, 2.75) is 26.6 Å². The molecule has 0 aliphatic rings. The zero-order valence-corrected chi connectivity index (χ0v) is 18.2. The molecule has 1 heterocycles. The summed E-state index contributed by atoms with van der Waals surface area (Å²) in [6.07, 6.45) is -0.0511. The fourth-order valence-corrected chi connectivity index (χ4v) is 3.26. The third kappa shape index (κ3) is 5.49. The zero-order valence-electron chi connectivity index (χ0n) is 15.9. The summed E-state index contributed by atoms with van der Waals surface area (Å²) in [7, 11) is 0. The van der Waals surface area contributed by atoms with Crippen LogP contribution in [0.3, 0.4) is 0 Å². The van der Waals surface area contributed by atoms with E-state index in [0.717, 1.165) is 10.0 Å². The van der Waals surface area contributed by atoms with E-state index in [1.165, 1.54) is 6.07 Å². The van der Waals surface area contributed by atoms with E-state index in [4.69, 9.17) is 21.1 Å². The van der Waals surface area contributed by atoms with Gasteiger partial charge >= 0.3 is 5.97 Å². The Balaban J connectivity index is 1.98. The van der Waals surface area contributed by atoms with Crippen LogP contribution >= 0.6 is 27.5 Å². The summed E-state index contributed by atoms with van der Waals surface area (Å²) in [5, 5.41) is 10.1. The zero-order chi connectivity index (χ0) is 21.0. The lowest BCUT2D eigenvalue weighted by molar-refractivity contribution is 0.0693. The van der Waals surface area contributed by atoms with Gasteiger partial charge in [-0.05, 0) is 62.4 Å². The van der Waals surface area contributed by atoms with Crippen LogP contribution in [-0.2, 0) is 6.61 Å². The monoisotopic (exact) mass is 475 g/mol. The van der Waals surface area contributed by atoms with Crippen molar-refractivity contribution in [3.63, 3.8) is 0 Å². The minimum absolute atomic E-state index is 0.0138. The number of ether oxygens (including phenoxy) is 2. The van der Waals surface area contributed by atoms with Crippen molar-refractivity contribution in [2.24, 2.45) is 0 Å². The van der Waals surface area contributed by atoms with Crippen LogP contribution in [0.5, 0.6) is 11.5 Å². The van der Waals surface area contributed by atoms with Gasteiger partial charge in [0.2, 0.25) is 0 Å². The number of carbonyl (C=O) groups is 1. The number of hydrogen-bond acceptors (Lipinski definition) is 4. The minimum Gasteiger partial charge on any atom is -0.490 e. The number of benzene rings is 2. The molecule has 3 rings (SSSR count). The molecular weight excluding hydrogens is 458 g/mol. The molecular formula is C22H19BrClNO4. The third-order valence-electron chi connectivity index (χ3n) is 3.96. The van der Waals surface area contributed by atoms with Crippen LogP contribution < -0.4 is 9.47 Å². The molecule has 0 aliphatic heterocycles. The van der Waals surface area contributed by atoms with Gasteiger partial charge in [0, 0.05) is 15.1 Å². The molecule has 0 unspecified atom stereocenters. The first-order valence-corrected chi connectivity index (χ1v) is 10.1. The number of hydrogen-bond donors (Lipinski definition) is 1. The summed E-state index contributed by atoms with van der Waals surface area (Å²) in [6, 6.07) is 15.8. The first-order chi connectivity index (χ1) is 13.8. The van der Waals surface area contributed by atoms with E-state index in [1.807, 2.05) is 32.0 Å². The fraction of sp³-hybridized carbons (Fsp3) is 0.182. The highest BCUT2D eigenvalue weighted by molar-refractivity contribution is 9.10. The van der Waals surface area contributed by atoms with Gasteiger partial charge in [-0.1, -0.05) is 33.6 Å². The summed E-state index contributed by atoms with van der Waals surface area (Å²) in [6.45, 7) is 3.85. The number of halogens is 2. The van der Waals surface area contributed by atoms with Gasteiger partial charge < -0.3 is 14.6 Å². The fourth-order valence-electron chi connectivity index (χ4n) is 2.72. The van der Waals surface area contributed by atoms with Crippen molar-refractivity contribution >= 4 is 33.5 Å². The van der Waals surface area contributed by atoms with E-state index < -0.39 is 5.97 Å². The van der Waals surface area contributed by atoms with Gasteiger partial charge in [-0.3, -0.25) is 0 Å². The summed E-state index contributed by atoms with van der Waals surface area (Å²) in [5.74, 6) is 0.131. The standard InChI is InChI=1S/C22H19BrClNO4/c1-13(2)29-21-11-15(24)6-7-17(21)19-9-8-18(22(26)27)20(25-19)12-28-16-5-3-4-14(23)10-16/h3-11,13H,12H2,1-2H3,(H,26,27). The molecule has 0 radical (unpaired) electrons. The van der Waals surface area contributed by atoms with Crippen molar-refractivity contribution < 1.29 is 19.4 Å². The average molecular weight is 477 g/mol. The Kier molecular flexibility index (Phi) is 6.77. The van der Waals surface area contributed by atoms with Crippen LogP contribution in [0.2, 0.25) is 5.02 Å². The molecule has 0 amide bonds. The van der Waals surface area contributed by atoms with Crippen molar-refractivity contribution in [2.75, 3.05) is 0 Å². The second-order valence-corrected chi connectivity index (χ2v) is 7.90. The van der Waals surface area contributed by atoms with E-state index in [1.54, 1.807) is 30.3 Å². The smallest absolute Gasteiger partial charge is 0.337 e. The van der Waals surface area contributed by atoms with E-state index in [-0.39, 0.29) is 18.3 Å². The molecule has 7 heteroatoms. The van der Waals surface area contributed by atoms with Gasteiger partial charge in [-0.25, -0.2) is 9.78 Å². The molecule has 0 saturated heterocycles. The molecule has 3 aromatic rings. The van der Waals surface area contributed by atoms with Gasteiger partial charge in [0.25, 0.3) is 0 Å². The van der Waals surface area contributed by atoms with Crippen LogP contribution in [0.1, 0.15) is 29.9 Å². The van der Waals surface area contributed by atoms with Crippen molar-refractivity contribution in [1.82, 2.24) is 4.98 Å². The summed E-state index contributed by atoms with van der Waals surface area (Å²) < 4.78 is 12.5. The summed E-state index contributed by atoms with van der Waals surface area (Å²) >= 11 is 9.50. The Hall–Kier alpha value is -2.57. The Bertz CT molecular complexity index is 1040. The highest BCUT2D eigenvalue weighted by Gasteiger charge is 2.17. The molecule has 0 aliphatic carbocycles. The highest BCUT2D eigenvalue weighted by atomic mass is 79.9. The normalized spacial score (nSPS) is 10.8. The lowest BCUT2D eigenvalue weighted by Crippen LogP contribution is -2.10. The molecule has 1 aromatic heterocycles. The third-order valence-corrected chi connectivity index (χ3v) is 4.69. The lowest BCUT2D eigenvalue weighted by atomic mass is 10.1. The molecule has 2 aromatic carbocycles.